The SMILES string of the molecule is Cc1ccccc1C(=O)Nc1cc(Cl)ccc1N1CCN(C(=O)C(C)C)CC1. The van der Waals surface area contributed by atoms with E-state index in [4.69, 9.17) is 11.6 Å². The van der Waals surface area contributed by atoms with Gasteiger partial charge in [-0.2, -0.15) is 0 Å². The normalized spacial score (nSPS) is 14.3. The molecule has 1 saturated heterocycles. The predicted molar refractivity (Wildman–Crippen MR) is 114 cm³/mol. The number of rotatable bonds is 4. The van der Waals surface area contributed by atoms with Gasteiger partial charge in [-0.15, -0.1) is 0 Å². The molecule has 28 heavy (non-hydrogen) atoms. The van der Waals surface area contributed by atoms with Gasteiger partial charge in [0.2, 0.25) is 5.91 Å². The zero-order chi connectivity index (χ0) is 20.3. The van der Waals surface area contributed by atoms with Crippen LogP contribution in [0.2, 0.25) is 5.02 Å². The van der Waals surface area contributed by atoms with Gasteiger partial charge < -0.3 is 15.1 Å². The molecule has 2 aromatic rings. The molecule has 1 aliphatic rings. The summed E-state index contributed by atoms with van der Waals surface area (Å²) < 4.78 is 0. The molecule has 0 saturated carbocycles. The van der Waals surface area contributed by atoms with Crippen molar-refractivity contribution in [3.05, 3.63) is 58.6 Å². The first-order chi connectivity index (χ1) is 13.4. The molecule has 1 fully saturated rings. The van der Waals surface area contributed by atoms with Gasteiger partial charge in [-0.25, -0.2) is 0 Å². The number of halogens is 1. The molecule has 0 radical (unpaired) electrons. The van der Waals surface area contributed by atoms with Gasteiger partial charge in [-0.05, 0) is 36.8 Å². The van der Waals surface area contributed by atoms with Gasteiger partial charge in [0.15, 0.2) is 0 Å². The molecule has 0 atom stereocenters. The molecular formula is C22H26ClN3O2. The van der Waals surface area contributed by atoms with Crippen molar-refractivity contribution in [2.45, 2.75) is 20.8 Å². The van der Waals surface area contributed by atoms with Gasteiger partial charge in [-0.1, -0.05) is 43.6 Å². The number of aryl methyl sites for hydroxylation is 1. The lowest BCUT2D eigenvalue weighted by Gasteiger charge is -2.37. The number of carbonyl (C=O) groups excluding carboxylic acids is 2. The fourth-order valence-electron chi connectivity index (χ4n) is 3.43. The van der Waals surface area contributed by atoms with Crippen LogP contribution < -0.4 is 10.2 Å². The maximum Gasteiger partial charge on any atom is 0.255 e. The molecule has 6 heteroatoms. The van der Waals surface area contributed by atoms with E-state index in [0.29, 0.717) is 42.5 Å². The Kier molecular flexibility index (Phi) is 6.25. The van der Waals surface area contributed by atoms with E-state index < -0.39 is 0 Å². The Morgan fingerprint density at radius 3 is 2.36 bits per heavy atom. The summed E-state index contributed by atoms with van der Waals surface area (Å²) in [6, 6.07) is 13.0. The van der Waals surface area contributed by atoms with Gasteiger partial charge in [0, 0.05) is 42.7 Å². The highest BCUT2D eigenvalue weighted by Crippen LogP contribution is 2.31. The summed E-state index contributed by atoms with van der Waals surface area (Å²) in [5.41, 5.74) is 3.16. The van der Waals surface area contributed by atoms with E-state index in [1.165, 1.54) is 0 Å². The third-order valence-corrected chi connectivity index (χ3v) is 5.26. The molecule has 0 aromatic heterocycles. The number of hydrogen-bond donors (Lipinski definition) is 1. The highest BCUT2D eigenvalue weighted by molar-refractivity contribution is 6.31. The van der Waals surface area contributed by atoms with E-state index in [0.717, 1.165) is 11.3 Å². The molecule has 0 bridgehead atoms. The average molecular weight is 400 g/mol. The summed E-state index contributed by atoms with van der Waals surface area (Å²) in [6.07, 6.45) is 0. The zero-order valence-electron chi connectivity index (χ0n) is 16.5. The minimum Gasteiger partial charge on any atom is -0.366 e. The van der Waals surface area contributed by atoms with Crippen molar-refractivity contribution in [1.29, 1.82) is 0 Å². The number of nitrogens with one attached hydrogen (secondary N) is 1. The second kappa shape index (κ2) is 8.65. The van der Waals surface area contributed by atoms with E-state index >= 15 is 0 Å². The van der Waals surface area contributed by atoms with Gasteiger partial charge in [0.25, 0.3) is 5.91 Å². The van der Waals surface area contributed by atoms with Crippen LogP contribution in [-0.4, -0.2) is 42.9 Å². The number of anilines is 2. The smallest absolute Gasteiger partial charge is 0.255 e. The molecule has 2 aromatic carbocycles. The van der Waals surface area contributed by atoms with Crippen molar-refractivity contribution < 1.29 is 9.59 Å². The highest BCUT2D eigenvalue weighted by atomic mass is 35.5. The Morgan fingerprint density at radius 1 is 1.04 bits per heavy atom. The van der Waals surface area contributed by atoms with Crippen LogP contribution in [0.1, 0.15) is 29.8 Å². The van der Waals surface area contributed by atoms with Crippen LogP contribution in [0.5, 0.6) is 0 Å². The van der Waals surface area contributed by atoms with Crippen LogP contribution >= 0.6 is 11.6 Å². The van der Waals surface area contributed by atoms with Crippen molar-refractivity contribution >= 4 is 34.8 Å². The Morgan fingerprint density at radius 2 is 1.71 bits per heavy atom. The summed E-state index contributed by atoms with van der Waals surface area (Å²) in [6.45, 7) is 8.54. The van der Waals surface area contributed by atoms with Crippen molar-refractivity contribution in [3.8, 4) is 0 Å². The van der Waals surface area contributed by atoms with E-state index in [1.807, 2.05) is 62.1 Å². The molecule has 3 rings (SSSR count). The van der Waals surface area contributed by atoms with Gasteiger partial charge in [0.1, 0.15) is 0 Å². The molecular weight excluding hydrogens is 374 g/mol. The molecule has 0 aliphatic carbocycles. The Bertz CT molecular complexity index is 874. The first-order valence-corrected chi connectivity index (χ1v) is 9.95. The summed E-state index contributed by atoms with van der Waals surface area (Å²) >= 11 is 6.19. The number of hydrogen-bond acceptors (Lipinski definition) is 3. The van der Waals surface area contributed by atoms with E-state index in [9.17, 15) is 9.59 Å². The second-order valence-electron chi connectivity index (χ2n) is 7.40. The predicted octanol–water partition coefficient (Wildman–Crippen LogP) is 4.21. The van der Waals surface area contributed by atoms with Crippen LogP contribution in [0, 0.1) is 12.8 Å². The summed E-state index contributed by atoms with van der Waals surface area (Å²) in [7, 11) is 0. The quantitative estimate of drug-likeness (QED) is 0.838. The minimum atomic E-state index is -0.157. The molecule has 148 valence electrons. The minimum absolute atomic E-state index is 0.00560. The highest BCUT2D eigenvalue weighted by Gasteiger charge is 2.24. The lowest BCUT2D eigenvalue weighted by molar-refractivity contribution is -0.134. The average Bonchev–Trinajstić information content (AvgIpc) is 2.68. The molecule has 0 unspecified atom stereocenters. The van der Waals surface area contributed by atoms with Gasteiger partial charge in [-0.3, -0.25) is 9.59 Å². The fourth-order valence-corrected chi connectivity index (χ4v) is 3.61. The third kappa shape index (κ3) is 4.47. The van der Waals surface area contributed by atoms with E-state index in [-0.39, 0.29) is 17.7 Å². The van der Waals surface area contributed by atoms with Crippen LogP contribution in [0.4, 0.5) is 11.4 Å². The van der Waals surface area contributed by atoms with Crippen LogP contribution in [0.3, 0.4) is 0 Å². The lowest BCUT2D eigenvalue weighted by atomic mass is 10.1. The largest absolute Gasteiger partial charge is 0.366 e. The molecule has 0 spiro atoms. The number of benzene rings is 2. The Hall–Kier alpha value is -2.53. The van der Waals surface area contributed by atoms with Crippen LogP contribution in [0.25, 0.3) is 0 Å². The van der Waals surface area contributed by atoms with Gasteiger partial charge >= 0.3 is 0 Å². The molecule has 2 amide bonds. The van der Waals surface area contributed by atoms with Crippen molar-refractivity contribution in [1.82, 2.24) is 4.90 Å². The monoisotopic (exact) mass is 399 g/mol. The van der Waals surface area contributed by atoms with Crippen molar-refractivity contribution in [3.63, 3.8) is 0 Å². The summed E-state index contributed by atoms with van der Waals surface area (Å²) in [5, 5.41) is 3.58. The Balaban J connectivity index is 1.78. The van der Waals surface area contributed by atoms with Crippen molar-refractivity contribution in [2.24, 2.45) is 5.92 Å². The summed E-state index contributed by atoms with van der Waals surface area (Å²) in [4.78, 5) is 29.1. The summed E-state index contributed by atoms with van der Waals surface area (Å²) in [5.74, 6) is 0.0325. The lowest BCUT2D eigenvalue weighted by Crippen LogP contribution is -2.50. The topological polar surface area (TPSA) is 52.7 Å². The molecule has 1 N–H and O–H groups in total. The maximum atomic E-state index is 12.8. The number of carbonyl (C=O) groups is 2. The fraction of sp³-hybridized carbons (Fsp3) is 0.364. The number of piperazine rings is 1. The van der Waals surface area contributed by atoms with Crippen molar-refractivity contribution in [2.75, 3.05) is 36.4 Å². The second-order valence-corrected chi connectivity index (χ2v) is 7.83. The molecule has 5 nitrogen and oxygen atoms in total. The zero-order valence-corrected chi connectivity index (χ0v) is 17.3. The third-order valence-electron chi connectivity index (χ3n) is 5.02. The van der Waals surface area contributed by atoms with E-state index in [1.54, 1.807) is 6.07 Å². The maximum absolute atomic E-state index is 12.8. The first kappa shape index (κ1) is 20.2. The van der Waals surface area contributed by atoms with Gasteiger partial charge in [0.05, 0.1) is 11.4 Å². The van der Waals surface area contributed by atoms with E-state index in [2.05, 4.69) is 10.2 Å². The first-order valence-electron chi connectivity index (χ1n) is 9.57. The van der Waals surface area contributed by atoms with Crippen LogP contribution in [-0.2, 0) is 4.79 Å². The molecule has 1 aliphatic heterocycles. The molecule has 1 heterocycles. The number of nitrogens with zero attached hydrogens (tertiary/aromatic N) is 2. The van der Waals surface area contributed by atoms with Crippen LogP contribution in [0.15, 0.2) is 42.5 Å². The number of amides is 2. The standard InChI is InChI=1S/C22H26ClN3O2/c1-15(2)22(28)26-12-10-25(11-13-26)20-9-8-17(23)14-19(20)24-21(27)18-7-5-4-6-16(18)3/h4-9,14-15H,10-13H2,1-3H3,(H,24,27). The Labute approximate surface area is 171 Å².